The molecule has 0 unspecified atom stereocenters. The predicted molar refractivity (Wildman–Crippen MR) is 145 cm³/mol. The van der Waals surface area contributed by atoms with Crippen LogP contribution in [0.15, 0.2) is 66.0 Å². The van der Waals surface area contributed by atoms with Crippen LogP contribution in [0.3, 0.4) is 0 Å². The number of amides is 2. The Morgan fingerprint density at radius 1 is 0.917 bits per heavy atom. The Labute approximate surface area is 221 Å². The standard InChI is InChI=1S/C29H30ClN3O2S/c30-20-7-5-10-22(19-20)31-14-16-32(17-15-31)29(35)26-23-11-3-4-12-24(23)28(34)33(21-8-1-2-9-21)27(26)25-13-6-18-36-25/h3-7,10-13,18-19,21,26-27H,1-2,8-9,14-17H2/t26-,27+/m1/s1. The van der Waals surface area contributed by atoms with Crippen LogP contribution in [0.25, 0.3) is 0 Å². The molecule has 7 heteroatoms. The van der Waals surface area contributed by atoms with Crippen molar-refractivity contribution in [3.63, 3.8) is 0 Å². The summed E-state index contributed by atoms with van der Waals surface area (Å²) in [6.07, 6.45) is 4.29. The van der Waals surface area contributed by atoms with Crippen molar-refractivity contribution in [2.45, 2.75) is 43.7 Å². The number of thiophene rings is 1. The van der Waals surface area contributed by atoms with Gasteiger partial charge >= 0.3 is 0 Å². The molecule has 1 saturated heterocycles. The average molecular weight is 520 g/mol. The highest BCUT2D eigenvalue weighted by Crippen LogP contribution is 2.47. The fourth-order valence-corrected chi connectivity index (χ4v) is 7.26. The molecule has 2 amide bonds. The van der Waals surface area contributed by atoms with Crippen molar-refractivity contribution in [2.24, 2.45) is 0 Å². The molecule has 2 aliphatic heterocycles. The van der Waals surface area contributed by atoms with Gasteiger partial charge < -0.3 is 14.7 Å². The van der Waals surface area contributed by atoms with Crippen LogP contribution in [0.5, 0.6) is 0 Å². The van der Waals surface area contributed by atoms with Crippen LogP contribution in [0, 0.1) is 0 Å². The summed E-state index contributed by atoms with van der Waals surface area (Å²) < 4.78 is 0. The molecule has 1 aromatic heterocycles. The maximum absolute atomic E-state index is 14.3. The van der Waals surface area contributed by atoms with Crippen LogP contribution < -0.4 is 4.90 Å². The van der Waals surface area contributed by atoms with Crippen LogP contribution in [0.2, 0.25) is 5.02 Å². The van der Waals surface area contributed by atoms with Crippen LogP contribution in [-0.2, 0) is 4.79 Å². The first kappa shape index (κ1) is 23.6. The van der Waals surface area contributed by atoms with Gasteiger partial charge in [0.1, 0.15) is 0 Å². The number of carbonyl (C=O) groups excluding carboxylic acids is 2. The normalized spacial score (nSPS) is 22.7. The summed E-state index contributed by atoms with van der Waals surface area (Å²) in [7, 11) is 0. The molecule has 1 aliphatic carbocycles. The van der Waals surface area contributed by atoms with Crippen LogP contribution in [0.4, 0.5) is 5.69 Å². The topological polar surface area (TPSA) is 43.9 Å². The van der Waals surface area contributed by atoms with E-state index in [0.29, 0.717) is 18.7 Å². The van der Waals surface area contributed by atoms with Gasteiger partial charge in [-0.15, -0.1) is 11.3 Å². The van der Waals surface area contributed by atoms with Gasteiger partial charge in [0.05, 0.1) is 12.0 Å². The summed E-state index contributed by atoms with van der Waals surface area (Å²) in [5, 5.41) is 2.78. The third kappa shape index (κ3) is 4.20. The molecule has 2 atom stereocenters. The second kappa shape index (κ2) is 9.91. The first-order chi connectivity index (χ1) is 17.6. The van der Waals surface area contributed by atoms with E-state index in [1.807, 2.05) is 53.4 Å². The van der Waals surface area contributed by atoms with Crippen molar-refractivity contribution in [2.75, 3.05) is 31.1 Å². The van der Waals surface area contributed by atoms with E-state index in [2.05, 4.69) is 27.3 Å². The molecule has 0 bridgehead atoms. The number of hydrogen-bond acceptors (Lipinski definition) is 4. The Hall–Kier alpha value is -2.83. The van der Waals surface area contributed by atoms with E-state index >= 15 is 0 Å². The lowest BCUT2D eigenvalue weighted by molar-refractivity contribution is -0.135. The molecular formula is C29H30ClN3O2S. The summed E-state index contributed by atoms with van der Waals surface area (Å²) >= 11 is 7.86. The second-order valence-corrected chi connectivity index (χ2v) is 11.4. The molecule has 2 fully saturated rings. The maximum atomic E-state index is 14.3. The summed E-state index contributed by atoms with van der Waals surface area (Å²) in [6, 6.07) is 19.7. The molecule has 5 nitrogen and oxygen atoms in total. The number of rotatable bonds is 4. The fraction of sp³-hybridized carbons (Fsp3) is 0.379. The Kier molecular flexibility index (Phi) is 6.48. The van der Waals surface area contributed by atoms with E-state index in [9.17, 15) is 9.59 Å². The van der Waals surface area contributed by atoms with Gasteiger partial charge in [-0.25, -0.2) is 0 Å². The summed E-state index contributed by atoms with van der Waals surface area (Å²) in [4.78, 5) is 35.7. The SMILES string of the molecule is O=C([C@@H]1c2ccccc2C(=O)N(C2CCCC2)[C@H]1c1cccs1)N1CCN(c2cccc(Cl)c2)CC1. The van der Waals surface area contributed by atoms with Gasteiger partial charge in [0.2, 0.25) is 5.91 Å². The fourth-order valence-electron chi connectivity index (χ4n) is 6.22. The second-order valence-electron chi connectivity index (χ2n) is 9.97. The number of fused-ring (bicyclic) bond motifs is 1. The van der Waals surface area contributed by atoms with Gasteiger partial charge in [0.15, 0.2) is 0 Å². The van der Waals surface area contributed by atoms with Gasteiger partial charge in [0, 0.05) is 53.4 Å². The van der Waals surface area contributed by atoms with Crippen molar-refractivity contribution in [1.82, 2.24) is 9.80 Å². The lowest BCUT2D eigenvalue weighted by atomic mass is 9.80. The molecule has 1 saturated carbocycles. The molecule has 0 spiro atoms. The number of piperazine rings is 1. The molecule has 6 rings (SSSR count). The third-order valence-electron chi connectivity index (χ3n) is 7.96. The Bertz CT molecular complexity index is 1250. The van der Waals surface area contributed by atoms with Crippen LogP contribution in [0.1, 0.15) is 58.4 Å². The zero-order chi connectivity index (χ0) is 24.6. The Morgan fingerprint density at radius 2 is 1.69 bits per heavy atom. The van der Waals surface area contributed by atoms with E-state index < -0.39 is 5.92 Å². The number of anilines is 1. The van der Waals surface area contributed by atoms with Crippen molar-refractivity contribution in [3.8, 4) is 0 Å². The lowest BCUT2D eigenvalue weighted by Gasteiger charge is -2.46. The van der Waals surface area contributed by atoms with E-state index in [4.69, 9.17) is 11.6 Å². The predicted octanol–water partition coefficient (Wildman–Crippen LogP) is 5.97. The van der Waals surface area contributed by atoms with Crippen molar-refractivity contribution in [3.05, 3.63) is 87.1 Å². The highest BCUT2D eigenvalue weighted by Gasteiger charge is 2.48. The molecule has 3 aliphatic rings. The monoisotopic (exact) mass is 519 g/mol. The Balaban J connectivity index is 1.34. The maximum Gasteiger partial charge on any atom is 0.254 e. The zero-order valence-electron chi connectivity index (χ0n) is 20.2. The summed E-state index contributed by atoms with van der Waals surface area (Å²) in [6.45, 7) is 2.82. The molecule has 0 N–H and O–H groups in total. The molecule has 36 heavy (non-hydrogen) atoms. The van der Waals surface area contributed by atoms with Crippen LogP contribution >= 0.6 is 22.9 Å². The number of benzene rings is 2. The number of carbonyl (C=O) groups is 2. The van der Waals surface area contributed by atoms with Gasteiger partial charge in [-0.1, -0.05) is 54.8 Å². The minimum absolute atomic E-state index is 0.0747. The van der Waals surface area contributed by atoms with E-state index in [-0.39, 0.29) is 23.9 Å². The molecule has 3 aromatic rings. The summed E-state index contributed by atoms with van der Waals surface area (Å²) in [5.41, 5.74) is 2.65. The minimum atomic E-state index is -0.393. The van der Waals surface area contributed by atoms with Crippen molar-refractivity contribution in [1.29, 1.82) is 0 Å². The van der Waals surface area contributed by atoms with Crippen molar-refractivity contribution < 1.29 is 9.59 Å². The summed E-state index contributed by atoms with van der Waals surface area (Å²) in [5.74, 6) is -0.191. The third-order valence-corrected chi connectivity index (χ3v) is 9.14. The Morgan fingerprint density at radius 3 is 2.42 bits per heavy atom. The van der Waals surface area contributed by atoms with E-state index in [0.717, 1.165) is 59.9 Å². The quantitative estimate of drug-likeness (QED) is 0.426. The van der Waals surface area contributed by atoms with Gasteiger partial charge in [0.25, 0.3) is 5.91 Å². The van der Waals surface area contributed by atoms with Gasteiger partial charge in [-0.2, -0.15) is 0 Å². The number of hydrogen-bond donors (Lipinski definition) is 0. The smallest absolute Gasteiger partial charge is 0.254 e. The number of halogens is 1. The highest BCUT2D eigenvalue weighted by molar-refractivity contribution is 7.10. The average Bonchev–Trinajstić information content (AvgIpc) is 3.63. The highest BCUT2D eigenvalue weighted by atomic mass is 35.5. The first-order valence-corrected chi connectivity index (χ1v) is 14.1. The zero-order valence-corrected chi connectivity index (χ0v) is 21.8. The van der Waals surface area contributed by atoms with Gasteiger partial charge in [-0.05, 0) is 54.1 Å². The van der Waals surface area contributed by atoms with E-state index in [1.165, 1.54) is 0 Å². The molecule has 186 valence electrons. The molecular weight excluding hydrogens is 490 g/mol. The number of nitrogens with zero attached hydrogens (tertiary/aromatic N) is 3. The minimum Gasteiger partial charge on any atom is -0.368 e. The van der Waals surface area contributed by atoms with Crippen molar-refractivity contribution >= 4 is 40.4 Å². The molecule has 0 radical (unpaired) electrons. The van der Waals surface area contributed by atoms with Gasteiger partial charge in [-0.3, -0.25) is 9.59 Å². The first-order valence-electron chi connectivity index (χ1n) is 12.9. The van der Waals surface area contributed by atoms with Crippen LogP contribution in [-0.4, -0.2) is 53.8 Å². The molecule has 3 heterocycles. The largest absolute Gasteiger partial charge is 0.368 e. The lowest BCUT2D eigenvalue weighted by Crippen LogP contribution is -2.54. The molecule has 2 aromatic carbocycles. The van der Waals surface area contributed by atoms with E-state index in [1.54, 1.807) is 11.3 Å².